The number of ether oxygens (including phenoxy) is 1. The van der Waals surface area contributed by atoms with Crippen LogP contribution >= 0.6 is 0 Å². The maximum atomic E-state index is 12.1. The van der Waals surface area contributed by atoms with Gasteiger partial charge < -0.3 is 25.8 Å². The molecule has 0 aliphatic carbocycles. The third-order valence-corrected chi connectivity index (χ3v) is 5.35. The third kappa shape index (κ3) is 11.2. The molecule has 2 unspecified atom stereocenters. The van der Waals surface area contributed by atoms with Crippen LogP contribution in [0.15, 0.2) is 24.3 Å². The fourth-order valence-corrected chi connectivity index (χ4v) is 3.18. The summed E-state index contributed by atoms with van der Waals surface area (Å²) in [6.45, 7) is 9.18. The summed E-state index contributed by atoms with van der Waals surface area (Å²) < 4.78 is 5.96. The summed E-state index contributed by atoms with van der Waals surface area (Å²) in [7, 11) is 1.65. The molecule has 176 valence electrons. The van der Waals surface area contributed by atoms with Crippen LogP contribution in [-0.4, -0.2) is 55.3 Å². The van der Waals surface area contributed by atoms with Crippen molar-refractivity contribution in [2.45, 2.75) is 71.4 Å². The van der Waals surface area contributed by atoms with E-state index in [4.69, 9.17) is 4.74 Å². The molecule has 0 bridgehead atoms. The van der Waals surface area contributed by atoms with Gasteiger partial charge in [-0.3, -0.25) is 9.59 Å². The van der Waals surface area contributed by atoms with Gasteiger partial charge in [0.2, 0.25) is 11.8 Å². The quantitative estimate of drug-likeness (QED) is 0.317. The number of aryl methyl sites for hydroxylation is 1. The van der Waals surface area contributed by atoms with Crippen LogP contribution in [0.4, 0.5) is 0 Å². The molecule has 0 heterocycles. The van der Waals surface area contributed by atoms with Gasteiger partial charge in [-0.2, -0.15) is 0 Å². The van der Waals surface area contributed by atoms with Crippen molar-refractivity contribution in [2.24, 2.45) is 5.92 Å². The lowest BCUT2D eigenvalue weighted by atomic mass is 9.98. The van der Waals surface area contributed by atoms with E-state index in [1.807, 2.05) is 24.3 Å². The van der Waals surface area contributed by atoms with E-state index in [0.29, 0.717) is 32.5 Å². The lowest BCUT2D eigenvalue weighted by molar-refractivity contribution is -0.124. The van der Waals surface area contributed by atoms with Crippen LogP contribution < -0.4 is 20.7 Å². The van der Waals surface area contributed by atoms with Gasteiger partial charge in [-0.05, 0) is 50.7 Å². The number of para-hydroxylation sites is 1. The second-order valence-electron chi connectivity index (χ2n) is 8.65. The van der Waals surface area contributed by atoms with E-state index in [1.54, 1.807) is 20.9 Å². The molecule has 0 aliphatic heterocycles. The zero-order chi connectivity index (χ0) is 23.3. The Morgan fingerprint density at radius 1 is 1.19 bits per heavy atom. The summed E-state index contributed by atoms with van der Waals surface area (Å²) in [6.07, 6.45) is 3.29. The Morgan fingerprint density at radius 2 is 1.90 bits per heavy atom. The maximum Gasteiger partial charge on any atom is 0.237 e. The van der Waals surface area contributed by atoms with Crippen LogP contribution in [-0.2, 0) is 16.0 Å². The highest BCUT2D eigenvalue weighted by atomic mass is 16.5. The van der Waals surface area contributed by atoms with Crippen LogP contribution in [0.3, 0.4) is 0 Å². The summed E-state index contributed by atoms with van der Waals surface area (Å²) in [5.74, 6) is 1.03. The Hall–Kier alpha value is -2.12. The number of hydrogen-bond acceptors (Lipinski definition) is 5. The molecule has 0 saturated carbocycles. The van der Waals surface area contributed by atoms with E-state index in [-0.39, 0.29) is 23.8 Å². The van der Waals surface area contributed by atoms with Gasteiger partial charge in [0, 0.05) is 26.6 Å². The van der Waals surface area contributed by atoms with E-state index in [0.717, 1.165) is 30.6 Å². The molecule has 0 radical (unpaired) electrons. The minimum absolute atomic E-state index is 0.000603. The third-order valence-electron chi connectivity index (χ3n) is 5.35. The van der Waals surface area contributed by atoms with E-state index in [2.05, 4.69) is 29.8 Å². The highest BCUT2D eigenvalue weighted by Gasteiger charge is 2.22. The van der Waals surface area contributed by atoms with Gasteiger partial charge in [-0.1, -0.05) is 38.5 Å². The number of hydrogen-bond donors (Lipinski definition) is 4. The standard InChI is InChI=1S/C24H41N3O4/c1-6-18(2)22(23(29)25-5)27-16-17-31-20-12-8-7-10-19(20)11-9-15-26-21(28)13-14-24(3,4)30/h7-8,10,12,18,22,27,30H,6,9,11,13-17H2,1-5H3,(H,25,29)(H,26,28). The number of rotatable bonds is 15. The van der Waals surface area contributed by atoms with E-state index >= 15 is 0 Å². The van der Waals surface area contributed by atoms with Crippen LogP contribution in [0, 0.1) is 5.92 Å². The summed E-state index contributed by atoms with van der Waals surface area (Å²) in [5, 5.41) is 18.6. The Bertz CT molecular complexity index is 673. The molecule has 0 fully saturated rings. The second kappa shape index (κ2) is 14.0. The van der Waals surface area contributed by atoms with Gasteiger partial charge in [-0.15, -0.1) is 0 Å². The maximum absolute atomic E-state index is 12.1. The lowest BCUT2D eigenvalue weighted by Crippen LogP contribution is -2.48. The van der Waals surface area contributed by atoms with Crippen LogP contribution in [0.25, 0.3) is 0 Å². The molecule has 0 aromatic heterocycles. The summed E-state index contributed by atoms with van der Waals surface area (Å²) >= 11 is 0. The zero-order valence-electron chi connectivity index (χ0n) is 19.8. The number of aliphatic hydroxyl groups is 1. The molecule has 31 heavy (non-hydrogen) atoms. The molecule has 2 atom stereocenters. The number of carbonyl (C=O) groups is 2. The topological polar surface area (TPSA) is 99.7 Å². The first kappa shape index (κ1) is 26.9. The number of nitrogens with one attached hydrogen (secondary N) is 3. The first-order valence-corrected chi connectivity index (χ1v) is 11.3. The minimum atomic E-state index is -0.822. The molecule has 0 spiro atoms. The zero-order valence-corrected chi connectivity index (χ0v) is 19.8. The lowest BCUT2D eigenvalue weighted by Gasteiger charge is -2.23. The molecule has 1 rings (SSSR count). The Balaban J connectivity index is 2.41. The smallest absolute Gasteiger partial charge is 0.237 e. The van der Waals surface area contributed by atoms with Crippen LogP contribution in [0.1, 0.15) is 58.9 Å². The van der Waals surface area contributed by atoms with Crippen molar-refractivity contribution < 1.29 is 19.4 Å². The SMILES string of the molecule is CCC(C)C(NCCOc1ccccc1CCCNC(=O)CCC(C)(C)O)C(=O)NC. The van der Waals surface area contributed by atoms with Crippen molar-refractivity contribution in [1.82, 2.24) is 16.0 Å². The molecule has 0 aliphatic rings. The van der Waals surface area contributed by atoms with Gasteiger partial charge in [0.15, 0.2) is 0 Å². The Labute approximate surface area is 187 Å². The highest BCUT2D eigenvalue weighted by molar-refractivity contribution is 5.81. The predicted octanol–water partition coefficient (Wildman–Crippen LogP) is 2.42. The molecule has 2 amide bonds. The Morgan fingerprint density at radius 3 is 2.55 bits per heavy atom. The monoisotopic (exact) mass is 435 g/mol. The fourth-order valence-electron chi connectivity index (χ4n) is 3.18. The molecule has 0 saturated heterocycles. The summed E-state index contributed by atoms with van der Waals surface area (Å²) in [4.78, 5) is 23.9. The molecular formula is C24H41N3O4. The number of amides is 2. The first-order chi connectivity index (χ1) is 14.7. The van der Waals surface area contributed by atoms with Gasteiger partial charge in [-0.25, -0.2) is 0 Å². The number of likely N-dealkylation sites (N-methyl/N-ethyl adjacent to an activating group) is 1. The van der Waals surface area contributed by atoms with Gasteiger partial charge in [0.1, 0.15) is 12.4 Å². The van der Waals surface area contributed by atoms with Crippen molar-refractivity contribution in [2.75, 3.05) is 26.7 Å². The minimum Gasteiger partial charge on any atom is -0.492 e. The van der Waals surface area contributed by atoms with Crippen molar-refractivity contribution in [3.05, 3.63) is 29.8 Å². The molecule has 1 aromatic rings. The first-order valence-electron chi connectivity index (χ1n) is 11.3. The Kier molecular flexibility index (Phi) is 12.2. The number of benzene rings is 1. The van der Waals surface area contributed by atoms with Crippen molar-refractivity contribution in [3.63, 3.8) is 0 Å². The van der Waals surface area contributed by atoms with Gasteiger partial charge >= 0.3 is 0 Å². The van der Waals surface area contributed by atoms with Gasteiger partial charge in [0.05, 0.1) is 11.6 Å². The average Bonchev–Trinajstić information content (AvgIpc) is 2.74. The fraction of sp³-hybridized carbons (Fsp3) is 0.667. The molecule has 7 nitrogen and oxygen atoms in total. The van der Waals surface area contributed by atoms with Crippen molar-refractivity contribution in [3.8, 4) is 5.75 Å². The number of carbonyl (C=O) groups excluding carboxylic acids is 2. The van der Waals surface area contributed by atoms with Gasteiger partial charge in [0.25, 0.3) is 0 Å². The van der Waals surface area contributed by atoms with E-state index in [1.165, 1.54) is 0 Å². The second-order valence-corrected chi connectivity index (χ2v) is 8.65. The summed E-state index contributed by atoms with van der Waals surface area (Å²) in [6, 6.07) is 7.67. The van der Waals surface area contributed by atoms with Crippen molar-refractivity contribution in [1.29, 1.82) is 0 Å². The van der Waals surface area contributed by atoms with Crippen LogP contribution in [0.2, 0.25) is 0 Å². The molecule has 1 aromatic carbocycles. The molecular weight excluding hydrogens is 394 g/mol. The summed E-state index contributed by atoms with van der Waals surface area (Å²) in [5.41, 5.74) is 0.273. The van der Waals surface area contributed by atoms with Crippen molar-refractivity contribution >= 4 is 11.8 Å². The predicted molar refractivity (Wildman–Crippen MR) is 124 cm³/mol. The molecule has 7 heteroatoms. The normalized spacial score (nSPS) is 13.4. The van der Waals surface area contributed by atoms with E-state index in [9.17, 15) is 14.7 Å². The largest absolute Gasteiger partial charge is 0.492 e. The average molecular weight is 436 g/mol. The highest BCUT2D eigenvalue weighted by Crippen LogP contribution is 2.19. The molecule has 4 N–H and O–H groups in total. The van der Waals surface area contributed by atoms with E-state index < -0.39 is 5.60 Å². The van der Waals surface area contributed by atoms with Crippen LogP contribution in [0.5, 0.6) is 5.75 Å².